The maximum Gasteiger partial charge on any atom is 0.252 e. The van der Waals surface area contributed by atoms with Crippen LogP contribution < -0.4 is 26.2 Å². The molecular weight excluding hydrogens is 697 g/mol. The first-order valence-electron chi connectivity index (χ1n) is 20.6. The molecule has 56 heavy (non-hydrogen) atoms. The fourth-order valence-corrected chi connectivity index (χ4v) is 9.99. The molecule has 0 unspecified atom stereocenters. The molecule has 0 N–H and O–H groups in total. The maximum absolute atomic E-state index is 2.62. The molecule has 3 heterocycles. The van der Waals surface area contributed by atoms with Crippen molar-refractivity contribution in [2.24, 2.45) is 0 Å². The highest BCUT2D eigenvalue weighted by Gasteiger charge is 2.46. The van der Waals surface area contributed by atoms with Gasteiger partial charge in [-0.05, 0) is 137 Å². The zero-order valence-corrected chi connectivity index (χ0v) is 37.4. The molecule has 0 spiro atoms. The van der Waals surface area contributed by atoms with Crippen molar-refractivity contribution in [2.45, 2.75) is 131 Å². The van der Waals surface area contributed by atoms with Gasteiger partial charge in [-0.25, -0.2) is 0 Å². The average Bonchev–Trinajstić information content (AvgIpc) is 3.59. The van der Waals surface area contributed by atoms with E-state index in [2.05, 4.69) is 210 Å². The standard InChI is InChI=1S/C52H61BN2S/c1-48(2,3)32-16-21-36(22-17-32)54-41-28-34(50(7,8)9)20-25-40(41)53-45-38-26-27-56-47(38)39(52(13,14)15)31-44(45)55(37-23-18-33(19-24-37)49(4,5)6)43-30-35(51(10,11)12)29-42(54)46(43)53/h16-31H,1-15H3/i54+1,55+1. The summed E-state index contributed by atoms with van der Waals surface area (Å²) >= 11 is 1.90. The quantitative estimate of drug-likeness (QED) is 0.128. The normalized spacial score (nSPS) is 14.6. The number of thiophene rings is 1. The van der Waals surface area contributed by atoms with E-state index in [0.29, 0.717) is 0 Å². The van der Waals surface area contributed by atoms with E-state index < -0.39 is 0 Å². The Morgan fingerprint density at radius 2 is 0.839 bits per heavy atom. The molecule has 0 saturated heterocycles. The summed E-state index contributed by atoms with van der Waals surface area (Å²) in [4.78, 5) is 5.22. The molecule has 6 aromatic rings. The molecule has 8 rings (SSSR count). The molecule has 2 aliphatic rings. The van der Waals surface area contributed by atoms with Crippen molar-refractivity contribution in [1.82, 2.24) is 0 Å². The largest absolute Gasteiger partial charge is 0.311 e. The molecule has 0 saturated carbocycles. The monoisotopic (exact) mass is 758 g/mol. The molecule has 0 radical (unpaired) electrons. The number of benzene rings is 5. The van der Waals surface area contributed by atoms with Crippen molar-refractivity contribution in [3.63, 3.8) is 0 Å². The van der Waals surface area contributed by atoms with Crippen molar-refractivity contribution in [3.05, 3.63) is 124 Å². The zero-order chi connectivity index (χ0) is 40.5. The lowest BCUT2D eigenvalue weighted by Gasteiger charge is -2.46. The maximum atomic E-state index is 2.62. The summed E-state index contributed by atoms with van der Waals surface area (Å²) in [7, 11) is 0. The van der Waals surface area contributed by atoms with E-state index in [0.717, 1.165) is 0 Å². The molecule has 2 aliphatic heterocycles. The van der Waals surface area contributed by atoms with Gasteiger partial charge < -0.3 is 9.80 Å². The van der Waals surface area contributed by atoms with Crippen LogP contribution in [0.25, 0.3) is 10.1 Å². The highest BCUT2D eigenvalue weighted by Crippen LogP contribution is 2.49. The van der Waals surface area contributed by atoms with Crippen LogP contribution in [0, 0.1) is 0 Å². The highest BCUT2D eigenvalue weighted by molar-refractivity contribution is 7.18. The summed E-state index contributed by atoms with van der Waals surface area (Å²) < 4.78 is 1.41. The summed E-state index contributed by atoms with van der Waals surface area (Å²) in [6.45, 7) is 35.1. The number of anilines is 6. The van der Waals surface area contributed by atoms with Crippen molar-refractivity contribution in [3.8, 4) is 0 Å². The predicted molar refractivity (Wildman–Crippen MR) is 249 cm³/mol. The number of nitrogens with zero attached hydrogens (tertiary/aromatic N) is 2. The Morgan fingerprint density at radius 3 is 1.30 bits per heavy atom. The number of hydrogen-bond acceptors (Lipinski definition) is 3. The van der Waals surface area contributed by atoms with Crippen molar-refractivity contribution in [1.29, 1.82) is 0 Å². The Bertz CT molecular complexity index is 2470. The minimum Gasteiger partial charge on any atom is -0.311 e. The first-order chi connectivity index (χ1) is 25.9. The smallest absolute Gasteiger partial charge is 0.252 e. The van der Waals surface area contributed by atoms with Crippen LogP contribution in [-0.2, 0) is 27.1 Å². The average molecular weight is 759 g/mol. The molecule has 0 atom stereocenters. The third-order valence-electron chi connectivity index (χ3n) is 12.3. The van der Waals surface area contributed by atoms with E-state index in [1.165, 1.54) is 88.4 Å². The van der Waals surface area contributed by atoms with Crippen LogP contribution >= 0.6 is 11.3 Å². The summed E-state index contributed by atoms with van der Waals surface area (Å²) in [5.74, 6) is 0. The molecule has 0 fully saturated rings. The second-order valence-corrected chi connectivity index (χ2v) is 22.6. The second-order valence-electron chi connectivity index (χ2n) is 21.7. The number of fused-ring (bicyclic) bond motifs is 6. The number of hydrogen-bond donors (Lipinski definition) is 0. The van der Waals surface area contributed by atoms with Crippen molar-refractivity contribution in [2.75, 3.05) is 9.80 Å². The van der Waals surface area contributed by atoms with Gasteiger partial charge in [-0.3, -0.25) is 0 Å². The first-order valence-corrected chi connectivity index (χ1v) is 21.5. The van der Waals surface area contributed by atoms with Gasteiger partial charge in [0.05, 0.1) is 0 Å². The Balaban J connectivity index is 1.54. The van der Waals surface area contributed by atoms with Gasteiger partial charge in [0.25, 0.3) is 6.71 Å². The second kappa shape index (κ2) is 12.6. The van der Waals surface area contributed by atoms with E-state index in [1.807, 2.05) is 11.3 Å². The predicted octanol–water partition coefficient (Wildman–Crippen LogP) is 13.5. The molecule has 0 amide bonds. The molecule has 4 heteroatoms. The molecule has 2 nitrogen and oxygen atoms in total. The molecule has 1 aromatic heterocycles. The molecule has 0 aliphatic carbocycles. The SMILES string of the molecule is CC(C)(C)c1ccc([15N]2c3cc(C(C)(C)C)ccc3B3c4c2cc(C(C)(C)C)cc4[15N](c2ccc(C(C)(C)C)cc2)c2cc(C(C)(C)C)c4sccc4c23)cc1. The van der Waals surface area contributed by atoms with Crippen LogP contribution in [0.1, 0.15) is 132 Å². The topological polar surface area (TPSA) is 6.48 Å². The lowest BCUT2D eigenvalue weighted by molar-refractivity contribution is 0.589. The van der Waals surface area contributed by atoms with Gasteiger partial charge in [0, 0.05) is 38.8 Å². The van der Waals surface area contributed by atoms with E-state index in [9.17, 15) is 0 Å². The molecular formula is C52H61BN2S. The Hall–Kier alpha value is -4.28. The van der Waals surface area contributed by atoms with Crippen LogP contribution in [0.4, 0.5) is 34.1 Å². The van der Waals surface area contributed by atoms with Gasteiger partial charge in [-0.2, -0.15) is 0 Å². The van der Waals surface area contributed by atoms with Crippen molar-refractivity contribution >= 4 is 78.6 Å². The fourth-order valence-electron chi connectivity index (χ4n) is 8.86. The Kier molecular flexibility index (Phi) is 8.69. The van der Waals surface area contributed by atoms with Crippen LogP contribution in [-0.4, -0.2) is 6.71 Å². The minimum atomic E-state index is -0.0771. The van der Waals surface area contributed by atoms with Gasteiger partial charge in [-0.1, -0.05) is 140 Å². The van der Waals surface area contributed by atoms with Gasteiger partial charge in [-0.15, -0.1) is 11.3 Å². The summed E-state index contributed by atoms with van der Waals surface area (Å²) in [6.07, 6.45) is 0. The van der Waals surface area contributed by atoms with Crippen LogP contribution in [0.5, 0.6) is 0 Å². The lowest BCUT2D eigenvalue weighted by atomic mass is 9.33. The van der Waals surface area contributed by atoms with Crippen molar-refractivity contribution < 1.29 is 0 Å². The lowest BCUT2D eigenvalue weighted by Crippen LogP contribution is -2.61. The van der Waals surface area contributed by atoms with E-state index in [1.54, 1.807) is 0 Å². The van der Waals surface area contributed by atoms with E-state index in [-0.39, 0.29) is 33.8 Å². The van der Waals surface area contributed by atoms with E-state index >= 15 is 0 Å². The third kappa shape index (κ3) is 6.32. The third-order valence-corrected chi connectivity index (χ3v) is 13.2. The summed E-state index contributed by atoms with van der Waals surface area (Å²) in [5.41, 5.74) is 18.5. The van der Waals surface area contributed by atoms with Crippen LogP contribution in [0.2, 0.25) is 0 Å². The Labute approximate surface area is 342 Å². The van der Waals surface area contributed by atoms with Crippen LogP contribution in [0.15, 0.2) is 96.4 Å². The number of rotatable bonds is 2. The van der Waals surface area contributed by atoms with Gasteiger partial charge in [0.1, 0.15) is 0 Å². The van der Waals surface area contributed by atoms with Gasteiger partial charge in [0.15, 0.2) is 0 Å². The molecule has 288 valence electrons. The van der Waals surface area contributed by atoms with Gasteiger partial charge >= 0.3 is 0 Å². The highest BCUT2D eigenvalue weighted by atomic mass is 32.1. The molecule has 0 bridgehead atoms. The minimum absolute atomic E-state index is 0.00177. The van der Waals surface area contributed by atoms with E-state index in [4.69, 9.17) is 0 Å². The molecule has 5 aromatic carbocycles. The summed E-state index contributed by atoms with van der Waals surface area (Å²) in [6, 6.07) is 36.2. The first kappa shape index (κ1) is 38.6. The zero-order valence-electron chi connectivity index (χ0n) is 36.6. The Morgan fingerprint density at radius 1 is 0.411 bits per heavy atom. The summed E-state index contributed by atoms with van der Waals surface area (Å²) in [5, 5.41) is 3.70. The van der Waals surface area contributed by atoms with Gasteiger partial charge in [0.2, 0.25) is 0 Å². The fraction of sp³-hybridized carbons (Fsp3) is 0.385. The van der Waals surface area contributed by atoms with Crippen LogP contribution in [0.3, 0.4) is 0 Å².